The van der Waals surface area contributed by atoms with Crippen LogP contribution in [0.5, 0.6) is 0 Å². The molecule has 0 fully saturated rings. The molecule has 0 atom stereocenters. The van der Waals surface area contributed by atoms with Crippen LogP contribution in [0.2, 0.25) is 0 Å². The third-order valence-corrected chi connectivity index (χ3v) is 6.77. The molecule has 5 rings (SSSR count). The molecule has 0 aliphatic rings. The minimum atomic E-state index is 0.847. The van der Waals surface area contributed by atoms with Crippen molar-refractivity contribution in [1.82, 2.24) is 5.32 Å². The van der Waals surface area contributed by atoms with E-state index in [1.54, 1.807) is 6.08 Å². The summed E-state index contributed by atoms with van der Waals surface area (Å²) in [5.41, 5.74) is 8.55. The van der Waals surface area contributed by atoms with E-state index in [9.17, 15) is 0 Å². The van der Waals surface area contributed by atoms with Crippen molar-refractivity contribution in [2.45, 2.75) is 13.3 Å². The molecule has 0 saturated carbocycles. The van der Waals surface area contributed by atoms with Crippen LogP contribution in [0, 0.1) is 12.1 Å². The minimum Gasteiger partial charge on any atom is -0.388 e. The molecule has 0 bridgehead atoms. The van der Waals surface area contributed by atoms with Gasteiger partial charge in [-0.05, 0) is 52.3 Å². The fourth-order valence-corrected chi connectivity index (χ4v) is 4.70. The zero-order valence-electron chi connectivity index (χ0n) is 21.4. The van der Waals surface area contributed by atoms with E-state index in [4.69, 9.17) is 0 Å². The Morgan fingerprint density at radius 3 is 2.38 bits per heavy atom. The van der Waals surface area contributed by atoms with Gasteiger partial charge in [0.1, 0.15) is 0 Å². The predicted molar refractivity (Wildman–Crippen MR) is 161 cm³/mol. The van der Waals surface area contributed by atoms with Crippen molar-refractivity contribution in [2.75, 3.05) is 12.4 Å². The third-order valence-electron chi connectivity index (χ3n) is 6.77. The molecule has 2 N–H and O–H groups in total. The smallest absolute Gasteiger partial charge is 0.0632 e. The van der Waals surface area contributed by atoms with Crippen LogP contribution in [0.15, 0.2) is 110 Å². The summed E-state index contributed by atoms with van der Waals surface area (Å²) >= 11 is 0. The van der Waals surface area contributed by atoms with E-state index < -0.39 is 0 Å². The number of rotatable bonds is 8. The Morgan fingerprint density at radius 2 is 1.62 bits per heavy atom. The average molecular weight is 479 g/mol. The topological polar surface area (TPSA) is 24.1 Å². The van der Waals surface area contributed by atoms with Gasteiger partial charge in [0, 0.05) is 34.6 Å². The van der Waals surface area contributed by atoms with Crippen LogP contribution < -0.4 is 10.6 Å². The zero-order valence-corrected chi connectivity index (χ0v) is 21.4. The van der Waals surface area contributed by atoms with Crippen LogP contribution in [-0.4, -0.2) is 7.05 Å². The summed E-state index contributed by atoms with van der Waals surface area (Å²) < 4.78 is 0. The number of anilines is 2. The Hall–Kier alpha value is -4.74. The second-order valence-electron chi connectivity index (χ2n) is 9.01. The van der Waals surface area contributed by atoms with Crippen molar-refractivity contribution < 1.29 is 0 Å². The lowest BCUT2D eigenvalue weighted by atomic mass is 9.96. The van der Waals surface area contributed by atoms with E-state index in [0.717, 1.165) is 62.1 Å². The third kappa shape index (κ3) is 4.73. The number of nitrogens with one attached hydrogen (secondary N) is 2. The van der Waals surface area contributed by atoms with Gasteiger partial charge in [0.05, 0.1) is 11.3 Å². The van der Waals surface area contributed by atoms with Gasteiger partial charge in [-0.15, -0.1) is 0 Å². The second kappa shape index (κ2) is 10.5. The molecule has 37 heavy (non-hydrogen) atoms. The van der Waals surface area contributed by atoms with Crippen molar-refractivity contribution in [3.8, 4) is 11.1 Å². The van der Waals surface area contributed by atoms with Gasteiger partial charge < -0.3 is 10.6 Å². The molecule has 0 saturated heterocycles. The van der Waals surface area contributed by atoms with Gasteiger partial charge in [-0.2, -0.15) is 0 Å². The lowest BCUT2D eigenvalue weighted by Crippen LogP contribution is -2.03. The quantitative estimate of drug-likeness (QED) is 0.217. The Balaban J connectivity index is 1.59. The van der Waals surface area contributed by atoms with Gasteiger partial charge in [-0.3, -0.25) is 0 Å². The summed E-state index contributed by atoms with van der Waals surface area (Å²) in [5, 5.41) is 11.5. The fourth-order valence-electron chi connectivity index (χ4n) is 4.70. The van der Waals surface area contributed by atoms with Gasteiger partial charge in [-0.1, -0.05) is 111 Å². The first-order valence-corrected chi connectivity index (χ1v) is 12.6. The molecule has 0 heterocycles. The van der Waals surface area contributed by atoms with E-state index in [2.05, 4.69) is 128 Å². The monoisotopic (exact) mass is 478 g/mol. The first-order valence-electron chi connectivity index (χ1n) is 12.6. The highest BCUT2D eigenvalue weighted by Gasteiger charge is 2.13. The molecule has 0 aromatic heterocycles. The first-order chi connectivity index (χ1) is 18.1. The molecule has 180 valence electrons. The van der Waals surface area contributed by atoms with E-state index in [1.807, 2.05) is 13.1 Å². The van der Waals surface area contributed by atoms with Crippen molar-refractivity contribution in [1.29, 1.82) is 0 Å². The van der Waals surface area contributed by atoms with Crippen LogP contribution in [0.3, 0.4) is 0 Å². The second-order valence-corrected chi connectivity index (χ2v) is 9.01. The van der Waals surface area contributed by atoms with E-state index in [1.165, 1.54) is 10.8 Å². The molecule has 2 heteroatoms. The van der Waals surface area contributed by atoms with Crippen LogP contribution in [0.4, 0.5) is 11.4 Å². The minimum absolute atomic E-state index is 0.847. The SMILES string of the molecule is C=C/C=C(\NC)c1ccc(-c2ccc3c(Nc4cccc5ccccc45)c(C(=C)CC)c#cc3c2)cc1. The Labute approximate surface area is 219 Å². The van der Waals surface area contributed by atoms with Crippen LogP contribution in [0.1, 0.15) is 24.5 Å². The van der Waals surface area contributed by atoms with Gasteiger partial charge in [0.25, 0.3) is 0 Å². The zero-order chi connectivity index (χ0) is 25.8. The Morgan fingerprint density at radius 1 is 0.865 bits per heavy atom. The highest BCUT2D eigenvalue weighted by Crippen LogP contribution is 2.36. The number of fused-ring (bicyclic) bond motifs is 2. The van der Waals surface area contributed by atoms with E-state index in [0.29, 0.717) is 0 Å². The summed E-state index contributed by atoms with van der Waals surface area (Å²) in [5.74, 6) is 0. The Kier molecular flexibility index (Phi) is 6.79. The molecule has 0 unspecified atom stereocenters. The number of allylic oxidation sites excluding steroid dienone is 3. The van der Waals surface area contributed by atoms with Gasteiger partial charge in [-0.25, -0.2) is 0 Å². The Bertz CT molecular complexity index is 1630. The van der Waals surface area contributed by atoms with E-state index in [-0.39, 0.29) is 0 Å². The highest BCUT2D eigenvalue weighted by molar-refractivity contribution is 6.04. The van der Waals surface area contributed by atoms with Crippen LogP contribution in [-0.2, 0) is 0 Å². The van der Waals surface area contributed by atoms with Gasteiger partial charge in [0.15, 0.2) is 0 Å². The lowest BCUT2D eigenvalue weighted by molar-refractivity contribution is 1.13. The molecule has 0 spiro atoms. The lowest BCUT2D eigenvalue weighted by Gasteiger charge is -2.16. The summed E-state index contributed by atoms with van der Waals surface area (Å²) in [6.07, 6.45) is 4.61. The summed E-state index contributed by atoms with van der Waals surface area (Å²) in [4.78, 5) is 0. The molecular formula is C35H30N2. The number of hydrogen-bond donors (Lipinski definition) is 2. The maximum absolute atomic E-state index is 4.32. The standard InChI is InChI=1S/C35H30N2/c1-5-10-33(36-4)27-17-15-25(16-18-27)28-19-22-32-29(23-28)20-21-30(24(3)6-2)35(32)37-34-14-9-12-26-11-7-8-13-31(26)34/h5,7-19,22-23,36-37H,1,3,6H2,2,4H3/b33-10-. The summed E-state index contributed by atoms with van der Waals surface area (Å²) in [7, 11) is 1.92. The summed E-state index contributed by atoms with van der Waals surface area (Å²) in [6.45, 7) is 10.2. The molecule has 5 aromatic rings. The van der Waals surface area contributed by atoms with Crippen molar-refractivity contribution >= 4 is 44.2 Å². The predicted octanol–water partition coefficient (Wildman–Crippen LogP) is 9.17. The fraction of sp³-hybridized carbons (Fsp3) is 0.0857. The normalized spacial score (nSPS) is 11.2. The van der Waals surface area contributed by atoms with Crippen molar-refractivity contribution in [3.63, 3.8) is 0 Å². The molecule has 0 radical (unpaired) electrons. The van der Waals surface area contributed by atoms with Crippen molar-refractivity contribution in [3.05, 3.63) is 133 Å². The maximum atomic E-state index is 4.32. The maximum Gasteiger partial charge on any atom is 0.0632 e. The molecular weight excluding hydrogens is 448 g/mol. The average Bonchev–Trinajstić information content (AvgIpc) is 2.95. The summed E-state index contributed by atoms with van der Waals surface area (Å²) in [6, 6.07) is 36.7. The van der Waals surface area contributed by atoms with Crippen LogP contribution in [0.25, 0.3) is 43.9 Å². The van der Waals surface area contributed by atoms with E-state index >= 15 is 0 Å². The molecule has 0 aliphatic carbocycles. The van der Waals surface area contributed by atoms with Crippen LogP contribution >= 0.6 is 0 Å². The number of hydrogen-bond acceptors (Lipinski definition) is 2. The molecule has 5 aromatic carbocycles. The first kappa shape index (κ1) is 24.0. The highest BCUT2D eigenvalue weighted by atomic mass is 14.9. The largest absolute Gasteiger partial charge is 0.388 e. The van der Waals surface area contributed by atoms with Gasteiger partial charge in [0.2, 0.25) is 0 Å². The van der Waals surface area contributed by atoms with Crippen molar-refractivity contribution in [2.24, 2.45) is 0 Å². The van der Waals surface area contributed by atoms with Gasteiger partial charge >= 0.3 is 0 Å². The molecule has 0 aliphatic heterocycles. The molecule has 0 amide bonds. The molecule has 2 nitrogen and oxygen atoms in total. The number of benzene rings is 4.